The lowest BCUT2D eigenvalue weighted by Crippen LogP contribution is -2.40. The van der Waals surface area contributed by atoms with Gasteiger partial charge in [0.25, 0.3) is 0 Å². The molecule has 0 N–H and O–H groups in total. The number of methoxy groups -OCH3 is 1. The van der Waals surface area contributed by atoms with Gasteiger partial charge in [-0.25, -0.2) is 4.39 Å². The quantitative estimate of drug-likeness (QED) is 0.815. The van der Waals surface area contributed by atoms with Crippen molar-refractivity contribution in [1.82, 2.24) is 4.90 Å². The van der Waals surface area contributed by atoms with Gasteiger partial charge in [0.05, 0.1) is 7.11 Å². The first-order valence-electron chi connectivity index (χ1n) is 6.67. The minimum atomic E-state index is -0.167. The van der Waals surface area contributed by atoms with Gasteiger partial charge in [0.2, 0.25) is 0 Å². The van der Waals surface area contributed by atoms with Crippen LogP contribution in [0.5, 0.6) is 5.75 Å². The molecule has 1 aliphatic heterocycles. The Kier molecular flexibility index (Phi) is 4.23. The molecule has 0 bridgehead atoms. The van der Waals surface area contributed by atoms with Gasteiger partial charge in [-0.2, -0.15) is 0 Å². The Hall–Kier alpha value is -1.09. The van der Waals surface area contributed by atoms with Crippen LogP contribution >= 0.6 is 0 Å². The smallest absolute Gasteiger partial charge is 0.131 e. The average Bonchev–Trinajstić information content (AvgIpc) is 2.36. The highest BCUT2D eigenvalue weighted by atomic mass is 19.1. The van der Waals surface area contributed by atoms with Crippen molar-refractivity contribution < 1.29 is 9.13 Å². The molecule has 2 atom stereocenters. The van der Waals surface area contributed by atoms with Gasteiger partial charge in [-0.05, 0) is 37.8 Å². The summed E-state index contributed by atoms with van der Waals surface area (Å²) >= 11 is 0. The number of piperidine rings is 1. The van der Waals surface area contributed by atoms with E-state index in [1.165, 1.54) is 18.9 Å². The van der Waals surface area contributed by atoms with E-state index in [0.717, 1.165) is 6.54 Å². The summed E-state index contributed by atoms with van der Waals surface area (Å²) in [4.78, 5) is 2.36. The van der Waals surface area contributed by atoms with Crippen LogP contribution in [0.3, 0.4) is 0 Å². The summed E-state index contributed by atoms with van der Waals surface area (Å²) in [5.74, 6) is 1.18. The fourth-order valence-electron chi connectivity index (χ4n) is 2.69. The topological polar surface area (TPSA) is 12.5 Å². The summed E-state index contributed by atoms with van der Waals surface area (Å²) < 4.78 is 19.2. The molecule has 0 spiro atoms. The third-order valence-electron chi connectivity index (χ3n) is 3.90. The number of benzene rings is 1. The Morgan fingerprint density at radius 2 is 2.11 bits per heavy atom. The Morgan fingerprint density at radius 1 is 1.33 bits per heavy atom. The van der Waals surface area contributed by atoms with Crippen LogP contribution in [0, 0.1) is 11.7 Å². The van der Waals surface area contributed by atoms with Gasteiger partial charge in [-0.1, -0.05) is 13.0 Å². The van der Waals surface area contributed by atoms with Crippen LogP contribution < -0.4 is 4.74 Å². The predicted octanol–water partition coefficient (Wildman–Crippen LogP) is 3.45. The molecule has 2 rings (SSSR count). The molecule has 1 heterocycles. The molecule has 0 aliphatic carbocycles. The molecule has 0 amide bonds. The number of nitrogens with zero attached hydrogens (tertiary/aromatic N) is 1. The van der Waals surface area contributed by atoms with Gasteiger partial charge in [-0.15, -0.1) is 0 Å². The first-order chi connectivity index (χ1) is 8.61. The summed E-state index contributed by atoms with van der Waals surface area (Å²) in [6.07, 6.45) is 2.46. The molecule has 0 saturated carbocycles. The maximum atomic E-state index is 13.9. The standard InChI is InChI=1S/C15H22FNO/c1-11-7-8-12(2)17(9-11)10-13-14(16)5-4-6-15(13)18-3/h4-6,11-12H,7-10H2,1-3H3. The molecule has 1 aromatic carbocycles. The first kappa shape index (κ1) is 13.3. The second-order valence-electron chi connectivity index (χ2n) is 5.38. The van der Waals surface area contributed by atoms with Gasteiger partial charge in [0.15, 0.2) is 0 Å². The third-order valence-corrected chi connectivity index (χ3v) is 3.90. The molecule has 1 saturated heterocycles. The van der Waals surface area contributed by atoms with Crippen LogP contribution in [-0.2, 0) is 6.54 Å². The highest BCUT2D eigenvalue weighted by molar-refractivity contribution is 5.34. The van der Waals surface area contributed by atoms with Crippen LogP contribution in [0.1, 0.15) is 32.3 Å². The lowest BCUT2D eigenvalue weighted by atomic mass is 9.94. The van der Waals surface area contributed by atoms with E-state index in [0.29, 0.717) is 29.8 Å². The molecule has 18 heavy (non-hydrogen) atoms. The van der Waals surface area contributed by atoms with Crippen molar-refractivity contribution in [2.24, 2.45) is 5.92 Å². The zero-order valence-corrected chi connectivity index (χ0v) is 11.4. The fourth-order valence-corrected chi connectivity index (χ4v) is 2.69. The molecule has 2 nitrogen and oxygen atoms in total. The van der Waals surface area contributed by atoms with E-state index in [1.54, 1.807) is 13.2 Å². The van der Waals surface area contributed by atoms with Crippen molar-refractivity contribution >= 4 is 0 Å². The molecule has 2 unspecified atom stereocenters. The Balaban J connectivity index is 2.17. The number of hydrogen-bond donors (Lipinski definition) is 0. The third kappa shape index (κ3) is 2.83. The maximum absolute atomic E-state index is 13.9. The molecule has 0 aromatic heterocycles. The summed E-state index contributed by atoms with van der Waals surface area (Å²) in [5.41, 5.74) is 0.681. The van der Waals surface area contributed by atoms with Crippen LogP contribution in [0.4, 0.5) is 4.39 Å². The van der Waals surface area contributed by atoms with Gasteiger partial charge in [-0.3, -0.25) is 4.90 Å². The molecule has 3 heteroatoms. The zero-order chi connectivity index (χ0) is 13.1. The number of hydrogen-bond acceptors (Lipinski definition) is 2. The Bertz CT molecular complexity index is 407. The minimum Gasteiger partial charge on any atom is -0.496 e. The van der Waals surface area contributed by atoms with Crippen molar-refractivity contribution in [2.75, 3.05) is 13.7 Å². The van der Waals surface area contributed by atoms with Crippen molar-refractivity contribution in [3.05, 3.63) is 29.6 Å². The van der Waals surface area contributed by atoms with E-state index in [-0.39, 0.29) is 5.82 Å². The van der Waals surface area contributed by atoms with Gasteiger partial charge < -0.3 is 4.74 Å². The second kappa shape index (κ2) is 5.70. The number of halogens is 1. The van der Waals surface area contributed by atoms with Crippen LogP contribution in [0.25, 0.3) is 0 Å². The Morgan fingerprint density at radius 3 is 2.83 bits per heavy atom. The van der Waals surface area contributed by atoms with E-state index in [1.807, 2.05) is 6.07 Å². The maximum Gasteiger partial charge on any atom is 0.131 e. The van der Waals surface area contributed by atoms with Crippen LogP contribution in [-0.4, -0.2) is 24.6 Å². The van der Waals surface area contributed by atoms with Gasteiger partial charge >= 0.3 is 0 Å². The van der Waals surface area contributed by atoms with Crippen LogP contribution in [0.15, 0.2) is 18.2 Å². The van der Waals surface area contributed by atoms with Crippen molar-refractivity contribution in [3.8, 4) is 5.75 Å². The summed E-state index contributed by atoms with van der Waals surface area (Å²) in [7, 11) is 1.60. The van der Waals surface area contributed by atoms with Crippen molar-refractivity contribution in [3.63, 3.8) is 0 Å². The number of ether oxygens (including phenoxy) is 1. The number of rotatable bonds is 3. The normalized spacial score (nSPS) is 25.1. The fraction of sp³-hybridized carbons (Fsp3) is 0.600. The molecule has 1 aromatic rings. The molecule has 1 fully saturated rings. The monoisotopic (exact) mass is 251 g/mol. The van der Waals surface area contributed by atoms with E-state index >= 15 is 0 Å². The van der Waals surface area contributed by atoms with E-state index < -0.39 is 0 Å². The van der Waals surface area contributed by atoms with Gasteiger partial charge in [0, 0.05) is 24.7 Å². The lowest BCUT2D eigenvalue weighted by molar-refractivity contribution is 0.115. The zero-order valence-electron chi connectivity index (χ0n) is 11.4. The van der Waals surface area contributed by atoms with E-state index in [2.05, 4.69) is 18.7 Å². The summed E-state index contributed by atoms with van der Waals surface area (Å²) in [5, 5.41) is 0. The predicted molar refractivity (Wildman–Crippen MR) is 71.2 cm³/mol. The SMILES string of the molecule is COc1cccc(F)c1CN1CC(C)CCC1C. The van der Waals surface area contributed by atoms with E-state index in [9.17, 15) is 4.39 Å². The molecule has 0 radical (unpaired) electrons. The molecule has 1 aliphatic rings. The molecular weight excluding hydrogens is 229 g/mol. The molecular formula is C15H22FNO. The highest BCUT2D eigenvalue weighted by Crippen LogP contribution is 2.28. The van der Waals surface area contributed by atoms with Crippen LogP contribution in [0.2, 0.25) is 0 Å². The summed E-state index contributed by atoms with van der Waals surface area (Å²) in [6.45, 7) is 6.16. The summed E-state index contributed by atoms with van der Waals surface area (Å²) in [6, 6.07) is 5.55. The highest BCUT2D eigenvalue weighted by Gasteiger charge is 2.24. The second-order valence-corrected chi connectivity index (χ2v) is 5.38. The largest absolute Gasteiger partial charge is 0.496 e. The van der Waals surface area contributed by atoms with Gasteiger partial charge in [0.1, 0.15) is 11.6 Å². The van der Waals surface area contributed by atoms with Crippen molar-refractivity contribution in [2.45, 2.75) is 39.3 Å². The minimum absolute atomic E-state index is 0.167. The van der Waals surface area contributed by atoms with Crippen molar-refractivity contribution in [1.29, 1.82) is 0 Å². The first-order valence-corrected chi connectivity index (χ1v) is 6.67. The average molecular weight is 251 g/mol. The molecule has 100 valence electrons. The number of likely N-dealkylation sites (tertiary alicyclic amines) is 1. The Labute approximate surface area is 109 Å². The van der Waals surface area contributed by atoms with E-state index in [4.69, 9.17) is 4.74 Å². The lowest BCUT2D eigenvalue weighted by Gasteiger charge is -2.37.